The molecule has 2 unspecified atom stereocenters. The smallest absolute Gasteiger partial charge is 0.252 e. The molecule has 2 aliphatic rings. The van der Waals surface area contributed by atoms with E-state index in [4.69, 9.17) is 4.74 Å². The first kappa shape index (κ1) is 20.6. The molecule has 8 heteroatoms. The third-order valence-electron chi connectivity index (χ3n) is 6.41. The lowest BCUT2D eigenvalue weighted by molar-refractivity contribution is -0.133. The number of piperidine rings is 1. The van der Waals surface area contributed by atoms with Crippen molar-refractivity contribution in [3.05, 3.63) is 52.6 Å². The molecule has 2 aliphatic heterocycles. The van der Waals surface area contributed by atoms with Crippen molar-refractivity contribution in [2.24, 2.45) is 5.92 Å². The fourth-order valence-corrected chi connectivity index (χ4v) is 4.79. The quantitative estimate of drug-likeness (QED) is 0.631. The van der Waals surface area contributed by atoms with Gasteiger partial charge in [-0.1, -0.05) is 11.6 Å². The Bertz CT molecular complexity index is 1220. The van der Waals surface area contributed by atoms with E-state index < -0.39 is 0 Å². The summed E-state index contributed by atoms with van der Waals surface area (Å²) >= 11 is 0. The summed E-state index contributed by atoms with van der Waals surface area (Å²) in [5.74, 6) is 1.91. The molecule has 0 N–H and O–H groups in total. The number of hydrogen-bond donors (Lipinski definition) is 0. The van der Waals surface area contributed by atoms with Gasteiger partial charge in [0, 0.05) is 36.8 Å². The van der Waals surface area contributed by atoms with Crippen molar-refractivity contribution >= 4 is 17.5 Å². The summed E-state index contributed by atoms with van der Waals surface area (Å²) in [6.45, 7) is 7.12. The number of aryl methyl sites for hydroxylation is 3. The average Bonchev–Trinajstić information content (AvgIpc) is 3.17. The molecule has 2 atom stereocenters. The van der Waals surface area contributed by atoms with Crippen molar-refractivity contribution in [3.8, 4) is 5.75 Å². The van der Waals surface area contributed by atoms with E-state index in [2.05, 4.69) is 15.1 Å². The molecule has 1 fully saturated rings. The summed E-state index contributed by atoms with van der Waals surface area (Å²) in [7, 11) is 0. The van der Waals surface area contributed by atoms with Crippen molar-refractivity contribution in [3.63, 3.8) is 0 Å². The molecule has 1 saturated heterocycles. The summed E-state index contributed by atoms with van der Waals surface area (Å²) in [4.78, 5) is 36.4. The summed E-state index contributed by atoms with van der Waals surface area (Å²) in [6, 6.07) is 7.68. The highest BCUT2D eigenvalue weighted by Gasteiger charge is 2.36. The monoisotopic (exact) mass is 433 g/mol. The molecule has 3 aromatic rings. The zero-order valence-corrected chi connectivity index (χ0v) is 18.7. The van der Waals surface area contributed by atoms with Gasteiger partial charge in [0.15, 0.2) is 11.6 Å². The summed E-state index contributed by atoms with van der Waals surface area (Å²) < 4.78 is 7.89. The van der Waals surface area contributed by atoms with Crippen molar-refractivity contribution in [2.45, 2.75) is 52.6 Å². The molecule has 0 spiro atoms. The number of benzene rings is 1. The molecular formula is C24H27N5O3. The Morgan fingerprint density at radius 3 is 2.88 bits per heavy atom. The van der Waals surface area contributed by atoms with Crippen LogP contribution in [0.3, 0.4) is 0 Å². The number of ether oxygens (including phenoxy) is 1. The highest BCUT2D eigenvalue weighted by atomic mass is 16.5. The van der Waals surface area contributed by atoms with E-state index in [9.17, 15) is 9.59 Å². The number of Topliss-reactive ketones (excluding diaryl/α,β-unsaturated/α-hetero) is 1. The van der Waals surface area contributed by atoms with Crippen LogP contribution in [0.1, 0.15) is 52.4 Å². The minimum absolute atomic E-state index is 0.00172. The van der Waals surface area contributed by atoms with Crippen LogP contribution in [0.2, 0.25) is 0 Å². The highest BCUT2D eigenvalue weighted by molar-refractivity contribution is 6.00. The molecular weight excluding hydrogens is 406 g/mol. The fraction of sp³-hybridized carbons (Fsp3) is 0.458. The standard InChI is InChI=1S/C24H27N5O3/c1-14-6-7-20-18(9-14)19(30)11-21(32-20)17-5-4-8-28(13-17)23(31)12-22-26-24-25-15(2)10-16(3)29(24)27-22/h6-7,9-10,17,21H,4-5,8,11-13H2,1-3H3. The van der Waals surface area contributed by atoms with Crippen molar-refractivity contribution in [2.75, 3.05) is 13.1 Å². The molecule has 1 aromatic carbocycles. The van der Waals surface area contributed by atoms with Crippen molar-refractivity contribution in [1.82, 2.24) is 24.5 Å². The summed E-state index contributed by atoms with van der Waals surface area (Å²) in [6.07, 6.45) is 2.14. The Morgan fingerprint density at radius 1 is 1.19 bits per heavy atom. The lowest BCUT2D eigenvalue weighted by Crippen LogP contribution is -2.47. The number of nitrogens with zero attached hydrogens (tertiary/aromatic N) is 5. The van der Waals surface area contributed by atoms with E-state index in [1.54, 1.807) is 4.52 Å². The fourth-order valence-electron chi connectivity index (χ4n) is 4.79. The molecule has 166 valence electrons. The zero-order chi connectivity index (χ0) is 22.4. The predicted octanol–water partition coefficient (Wildman–Crippen LogP) is 2.86. The van der Waals surface area contributed by atoms with Gasteiger partial charge < -0.3 is 9.64 Å². The second-order valence-electron chi connectivity index (χ2n) is 8.98. The SMILES string of the molecule is Cc1ccc2c(c1)C(=O)CC(C1CCCN(C(=O)Cc3nc4nc(C)cc(C)n4n3)C1)O2. The van der Waals surface area contributed by atoms with Crippen LogP contribution in [0.25, 0.3) is 5.78 Å². The van der Waals surface area contributed by atoms with Gasteiger partial charge in [-0.15, -0.1) is 5.10 Å². The van der Waals surface area contributed by atoms with Gasteiger partial charge in [-0.2, -0.15) is 4.98 Å². The van der Waals surface area contributed by atoms with Crippen molar-refractivity contribution in [1.29, 1.82) is 0 Å². The number of fused-ring (bicyclic) bond motifs is 2. The molecule has 4 heterocycles. The third-order valence-corrected chi connectivity index (χ3v) is 6.41. The number of rotatable bonds is 3. The Balaban J connectivity index is 1.28. The van der Waals surface area contributed by atoms with Crippen molar-refractivity contribution < 1.29 is 14.3 Å². The van der Waals surface area contributed by atoms with Gasteiger partial charge in [0.05, 0.1) is 12.0 Å². The molecule has 0 saturated carbocycles. The van der Waals surface area contributed by atoms with E-state index >= 15 is 0 Å². The van der Waals surface area contributed by atoms with Crippen LogP contribution in [0.15, 0.2) is 24.3 Å². The topological polar surface area (TPSA) is 89.7 Å². The van der Waals surface area contributed by atoms with Crippen LogP contribution in [0.4, 0.5) is 0 Å². The largest absolute Gasteiger partial charge is 0.489 e. The molecule has 0 radical (unpaired) electrons. The van der Waals surface area contributed by atoms with Crippen LogP contribution in [0, 0.1) is 26.7 Å². The lowest BCUT2D eigenvalue weighted by atomic mass is 9.86. The first-order chi connectivity index (χ1) is 15.4. The number of likely N-dealkylation sites (tertiary alicyclic amines) is 1. The van der Waals surface area contributed by atoms with Gasteiger partial charge in [-0.25, -0.2) is 9.50 Å². The lowest BCUT2D eigenvalue weighted by Gasteiger charge is -2.38. The number of hydrogen-bond acceptors (Lipinski definition) is 6. The Labute approximate surface area is 186 Å². The minimum Gasteiger partial charge on any atom is -0.489 e. The maximum atomic E-state index is 13.0. The first-order valence-corrected chi connectivity index (χ1v) is 11.2. The molecule has 32 heavy (non-hydrogen) atoms. The summed E-state index contributed by atoms with van der Waals surface area (Å²) in [5.41, 5.74) is 3.53. The van der Waals surface area contributed by atoms with Gasteiger partial charge in [0.1, 0.15) is 11.9 Å². The number of aromatic nitrogens is 4. The molecule has 0 bridgehead atoms. The van der Waals surface area contributed by atoms with E-state index in [0.717, 1.165) is 29.8 Å². The van der Waals surface area contributed by atoms with E-state index in [1.807, 2.05) is 49.9 Å². The maximum absolute atomic E-state index is 13.0. The van der Waals surface area contributed by atoms with E-state index in [1.165, 1.54) is 0 Å². The van der Waals surface area contributed by atoms with E-state index in [-0.39, 0.29) is 30.1 Å². The first-order valence-electron chi connectivity index (χ1n) is 11.2. The van der Waals surface area contributed by atoms with Gasteiger partial charge >= 0.3 is 0 Å². The maximum Gasteiger partial charge on any atom is 0.252 e. The van der Waals surface area contributed by atoms with Crippen LogP contribution >= 0.6 is 0 Å². The number of amides is 1. The van der Waals surface area contributed by atoms with Gasteiger partial charge in [-0.3, -0.25) is 9.59 Å². The third kappa shape index (κ3) is 3.85. The Kier molecular flexibility index (Phi) is 5.15. The molecule has 5 rings (SSSR count). The molecule has 1 amide bonds. The highest BCUT2D eigenvalue weighted by Crippen LogP contribution is 2.34. The normalized spacial score (nSPS) is 20.8. The molecule has 8 nitrogen and oxygen atoms in total. The van der Waals surface area contributed by atoms with Gasteiger partial charge in [-0.05, 0) is 51.8 Å². The zero-order valence-electron chi connectivity index (χ0n) is 18.7. The van der Waals surface area contributed by atoms with Crippen LogP contribution in [-0.4, -0.2) is 55.4 Å². The Morgan fingerprint density at radius 2 is 2.03 bits per heavy atom. The van der Waals surface area contributed by atoms with Crippen LogP contribution < -0.4 is 4.74 Å². The summed E-state index contributed by atoms with van der Waals surface area (Å²) in [5, 5.41) is 4.47. The van der Waals surface area contributed by atoms with E-state index in [0.29, 0.717) is 42.4 Å². The van der Waals surface area contributed by atoms with Crippen LogP contribution in [-0.2, 0) is 11.2 Å². The Hall–Kier alpha value is -3.29. The van der Waals surface area contributed by atoms with Gasteiger partial charge in [0.25, 0.3) is 5.78 Å². The molecule has 2 aromatic heterocycles. The predicted molar refractivity (Wildman–Crippen MR) is 118 cm³/mol. The van der Waals surface area contributed by atoms with Gasteiger partial charge in [0.2, 0.25) is 5.91 Å². The van der Waals surface area contributed by atoms with Crippen LogP contribution in [0.5, 0.6) is 5.75 Å². The number of carbonyl (C=O) groups is 2. The average molecular weight is 434 g/mol. The number of carbonyl (C=O) groups excluding carboxylic acids is 2. The second-order valence-corrected chi connectivity index (χ2v) is 8.98. The molecule has 0 aliphatic carbocycles. The number of ketones is 1. The minimum atomic E-state index is -0.198. The second kappa shape index (κ2) is 8.00.